The Balaban J connectivity index is 0. The molecular formula is C36H49ClF3NO5. The van der Waals surface area contributed by atoms with E-state index < -0.39 is 12.3 Å². The molecule has 0 bridgehead atoms. The van der Waals surface area contributed by atoms with Crippen LogP contribution < -0.4 is 4.74 Å². The maximum Gasteiger partial charge on any atom is 0.573 e. The number of alkyl halides is 3. The lowest BCUT2D eigenvalue weighted by Gasteiger charge is -2.12. The average molecular weight is 668 g/mol. The van der Waals surface area contributed by atoms with Crippen LogP contribution in [0.15, 0.2) is 78.9 Å². The number of carboxylic acid groups (broad SMARTS) is 1. The van der Waals surface area contributed by atoms with Gasteiger partial charge in [-0.1, -0.05) is 83.5 Å². The standard InChI is InChI=1S/C25H21ClF3NO2.C4H10.C3H8.C2H4O2.C2H6O/c1-4-6-7-17(5-2)15-30-16(3)23(24(31)18-8-10-19(26)11-9-18)21-13-12-20(14-22(21)30)32-25(27,28)29;1-4(2)3;1-3-2;1-2(3)4;1-2-3/h4-14H,1,15H2,2-3H3;4H,1-3H3;3H2,1-2H3;1H3,(H,3,4);3H,2H2,1H3/b7-6-,17-5+;;;;. The second kappa shape index (κ2) is 23.5. The number of aliphatic hydroxyl groups excluding tert-OH is 1. The van der Waals surface area contributed by atoms with E-state index in [2.05, 4.69) is 45.9 Å². The van der Waals surface area contributed by atoms with Crippen molar-refractivity contribution in [1.82, 2.24) is 4.57 Å². The van der Waals surface area contributed by atoms with E-state index in [9.17, 15) is 18.0 Å². The number of benzene rings is 2. The van der Waals surface area contributed by atoms with Gasteiger partial charge in [0.2, 0.25) is 0 Å². The molecular weight excluding hydrogens is 619 g/mol. The molecule has 2 N–H and O–H groups in total. The molecule has 3 aromatic rings. The number of halogens is 4. The molecule has 0 saturated carbocycles. The molecule has 0 aliphatic carbocycles. The predicted octanol–water partition coefficient (Wildman–Crippen LogP) is 10.6. The number of aromatic nitrogens is 1. The van der Waals surface area contributed by atoms with Gasteiger partial charge >= 0.3 is 6.36 Å². The molecule has 0 radical (unpaired) electrons. The largest absolute Gasteiger partial charge is 0.573 e. The number of allylic oxidation sites excluding steroid dienone is 5. The first kappa shape index (κ1) is 44.3. The van der Waals surface area contributed by atoms with Gasteiger partial charge in [0.1, 0.15) is 5.75 Å². The summed E-state index contributed by atoms with van der Waals surface area (Å²) >= 11 is 5.94. The van der Waals surface area contributed by atoms with Crippen LogP contribution in [0, 0.1) is 12.8 Å². The average Bonchev–Trinajstić information content (AvgIpc) is 3.20. The highest BCUT2D eigenvalue weighted by atomic mass is 35.5. The van der Waals surface area contributed by atoms with Crippen molar-refractivity contribution in [3.05, 3.63) is 101 Å². The Morgan fingerprint density at radius 3 is 1.96 bits per heavy atom. The van der Waals surface area contributed by atoms with E-state index in [1.807, 2.05) is 23.6 Å². The van der Waals surface area contributed by atoms with Crippen molar-refractivity contribution in [3.8, 4) is 5.75 Å². The molecule has 0 aliphatic heterocycles. The van der Waals surface area contributed by atoms with Crippen molar-refractivity contribution >= 4 is 34.3 Å². The van der Waals surface area contributed by atoms with Gasteiger partial charge in [0, 0.05) is 47.8 Å². The number of fused-ring (bicyclic) bond motifs is 1. The maximum absolute atomic E-state index is 13.3. The Bertz CT molecular complexity index is 1400. The van der Waals surface area contributed by atoms with Gasteiger partial charge in [-0.15, -0.1) is 13.2 Å². The van der Waals surface area contributed by atoms with E-state index in [1.165, 1.54) is 24.6 Å². The van der Waals surface area contributed by atoms with E-state index in [1.54, 1.807) is 50.3 Å². The number of hydrogen-bond acceptors (Lipinski definition) is 4. The van der Waals surface area contributed by atoms with Gasteiger partial charge in [-0.05, 0) is 68.7 Å². The molecule has 0 saturated heterocycles. The Morgan fingerprint density at radius 1 is 1.07 bits per heavy atom. The van der Waals surface area contributed by atoms with Gasteiger partial charge in [0.05, 0.1) is 11.1 Å². The maximum atomic E-state index is 13.3. The van der Waals surface area contributed by atoms with Gasteiger partial charge in [0.25, 0.3) is 5.97 Å². The van der Waals surface area contributed by atoms with Gasteiger partial charge in [-0.3, -0.25) is 9.59 Å². The van der Waals surface area contributed by atoms with Crippen LogP contribution in [-0.2, 0) is 11.3 Å². The highest BCUT2D eigenvalue weighted by Gasteiger charge is 2.31. The van der Waals surface area contributed by atoms with Gasteiger partial charge in [-0.2, -0.15) is 0 Å². The first-order valence-corrected chi connectivity index (χ1v) is 15.2. The summed E-state index contributed by atoms with van der Waals surface area (Å²) in [5.74, 6) is -0.589. The molecule has 6 nitrogen and oxygen atoms in total. The summed E-state index contributed by atoms with van der Waals surface area (Å²) < 4.78 is 44.3. The van der Waals surface area contributed by atoms with Crippen LogP contribution in [0.2, 0.25) is 5.02 Å². The minimum absolute atomic E-state index is 0.240. The second-order valence-electron chi connectivity index (χ2n) is 10.3. The molecule has 1 aromatic heterocycles. The molecule has 0 fully saturated rings. The number of nitrogens with zero attached hydrogens (tertiary/aromatic N) is 1. The van der Waals surface area contributed by atoms with Gasteiger partial charge < -0.3 is 19.5 Å². The highest BCUT2D eigenvalue weighted by Crippen LogP contribution is 2.33. The topological polar surface area (TPSA) is 88.8 Å². The number of carboxylic acids is 1. The molecule has 46 heavy (non-hydrogen) atoms. The van der Waals surface area contributed by atoms with Crippen molar-refractivity contribution in [1.29, 1.82) is 0 Å². The van der Waals surface area contributed by atoms with Crippen LogP contribution in [0.5, 0.6) is 5.75 Å². The quantitative estimate of drug-likeness (QED) is 0.193. The molecule has 0 atom stereocenters. The minimum Gasteiger partial charge on any atom is -0.481 e. The van der Waals surface area contributed by atoms with E-state index in [0.29, 0.717) is 39.3 Å². The molecule has 3 rings (SSSR count). The first-order chi connectivity index (χ1) is 21.4. The SMILES string of the molecule is C=C/C=C\C(=C/C)Cn1c(C)c(C(=O)c2ccc(Cl)cc2)c2ccc(OC(F)(F)F)cc21.CC(=O)O.CC(C)C.CCC.CCO. The Hall–Kier alpha value is -3.82. The van der Waals surface area contributed by atoms with Gasteiger partial charge in [0.15, 0.2) is 5.78 Å². The molecule has 0 spiro atoms. The molecule has 0 unspecified atom stereocenters. The lowest BCUT2D eigenvalue weighted by atomic mass is 10.0. The Morgan fingerprint density at radius 2 is 1.54 bits per heavy atom. The number of rotatable bonds is 7. The minimum atomic E-state index is -4.82. The normalized spacial score (nSPS) is 10.8. The van der Waals surface area contributed by atoms with Crippen LogP contribution in [0.1, 0.15) is 83.4 Å². The van der Waals surface area contributed by atoms with Crippen LogP contribution in [-0.4, -0.2) is 39.5 Å². The monoisotopic (exact) mass is 667 g/mol. The number of carbonyl (C=O) groups is 2. The zero-order valence-electron chi connectivity index (χ0n) is 28.3. The van der Waals surface area contributed by atoms with Crippen LogP contribution >= 0.6 is 11.6 Å². The third kappa shape index (κ3) is 18.2. The molecule has 256 valence electrons. The van der Waals surface area contributed by atoms with Crippen molar-refractivity contribution in [2.24, 2.45) is 5.92 Å². The zero-order valence-corrected chi connectivity index (χ0v) is 29.1. The highest BCUT2D eigenvalue weighted by molar-refractivity contribution is 6.30. The lowest BCUT2D eigenvalue weighted by molar-refractivity contribution is -0.274. The third-order valence-corrected chi connectivity index (χ3v) is 5.27. The third-order valence-electron chi connectivity index (χ3n) is 5.02. The van der Waals surface area contributed by atoms with Crippen LogP contribution in [0.25, 0.3) is 10.9 Å². The van der Waals surface area contributed by atoms with Crippen molar-refractivity contribution in [2.45, 2.75) is 81.6 Å². The van der Waals surface area contributed by atoms with Crippen molar-refractivity contribution in [3.63, 3.8) is 0 Å². The van der Waals surface area contributed by atoms with Crippen molar-refractivity contribution in [2.75, 3.05) is 6.61 Å². The predicted molar refractivity (Wildman–Crippen MR) is 184 cm³/mol. The van der Waals surface area contributed by atoms with Crippen LogP contribution in [0.4, 0.5) is 13.2 Å². The number of aliphatic carboxylic acids is 1. The second-order valence-corrected chi connectivity index (χ2v) is 10.8. The lowest BCUT2D eigenvalue weighted by Crippen LogP contribution is -2.17. The Labute approximate surface area is 276 Å². The summed E-state index contributed by atoms with van der Waals surface area (Å²) in [5.41, 5.74) is 2.86. The summed E-state index contributed by atoms with van der Waals surface area (Å²) in [6.45, 7) is 21.4. The molecule has 10 heteroatoms. The number of ether oxygens (including phenoxy) is 1. The number of carbonyl (C=O) groups excluding carboxylic acids is 1. The number of hydrogen-bond donors (Lipinski definition) is 2. The number of aliphatic hydroxyl groups is 1. The van der Waals surface area contributed by atoms with E-state index >= 15 is 0 Å². The summed E-state index contributed by atoms with van der Waals surface area (Å²) in [4.78, 5) is 22.3. The summed E-state index contributed by atoms with van der Waals surface area (Å²) in [6, 6.07) is 10.5. The first-order valence-electron chi connectivity index (χ1n) is 14.9. The summed E-state index contributed by atoms with van der Waals surface area (Å²) in [6.07, 6.45) is 3.59. The number of ketones is 1. The fourth-order valence-corrected chi connectivity index (χ4v) is 3.63. The summed E-state index contributed by atoms with van der Waals surface area (Å²) in [7, 11) is 0. The fraction of sp³-hybridized carbons (Fsp3) is 0.389. The molecule has 2 aromatic carbocycles. The Kier molecular flexibility index (Phi) is 22.6. The zero-order chi connectivity index (χ0) is 36.0. The van der Waals surface area contributed by atoms with E-state index in [-0.39, 0.29) is 18.1 Å². The summed E-state index contributed by atoms with van der Waals surface area (Å²) in [5, 5.41) is 16.0. The fourth-order valence-electron chi connectivity index (χ4n) is 3.50. The van der Waals surface area contributed by atoms with E-state index in [4.69, 9.17) is 26.6 Å². The van der Waals surface area contributed by atoms with Crippen molar-refractivity contribution < 1.29 is 37.7 Å². The molecule has 0 amide bonds. The molecule has 1 heterocycles. The molecule has 0 aliphatic rings. The smallest absolute Gasteiger partial charge is 0.481 e. The van der Waals surface area contributed by atoms with Gasteiger partial charge in [-0.25, -0.2) is 0 Å². The van der Waals surface area contributed by atoms with Crippen LogP contribution in [0.3, 0.4) is 0 Å². The van der Waals surface area contributed by atoms with E-state index in [0.717, 1.165) is 18.4 Å².